The van der Waals surface area contributed by atoms with Gasteiger partial charge in [-0.15, -0.1) is 0 Å². The Balaban J connectivity index is 3.01. The fourth-order valence-electron chi connectivity index (χ4n) is 1.90. The quantitative estimate of drug-likeness (QED) is 0.763. The minimum atomic E-state index is 0.238. The highest BCUT2D eigenvalue weighted by molar-refractivity contribution is 5.33. The minimum Gasteiger partial charge on any atom is -0.198 e. The standard InChI is InChI=1S/C14H16N2/c1-11(7-9-15)13-5-3-4-6-14(13)12(2)8-10-16/h3-6,11-12H,7-8H2,1-2H3. The predicted octanol–water partition coefficient (Wildman–Crippen LogP) is 3.72. The Labute approximate surface area is 97.1 Å². The van der Waals surface area contributed by atoms with Crippen LogP contribution in [0.1, 0.15) is 49.7 Å². The fourth-order valence-corrected chi connectivity index (χ4v) is 1.90. The van der Waals surface area contributed by atoms with E-state index in [0.717, 1.165) is 0 Å². The van der Waals surface area contributed by atoms with E-state index in [1.54, 1.807) is 0 Å². The third-order valence-corrected chi connectivity index (χ3v) is 2.85. The van der Waals surface area contributed by atoms with Crippen LogP contribution in [-0.2, 0) is 0 Å². The molecule has 1 aromatic carbocycles. The largest absolute Gasteiger partial charge is 0.198 e. The molecule has 2 nitrogen and oxygen atoms in total. The molecule has 1 rings (SSSR count). The van der Waals surface area contributed by atoms with E-state index in [0.29, 0.717) is 12.8 Å². The van der Waals surface area contributed by atoms with Gasteiger partial charge in [0, 0.05) is 12.8 Å². The second kappa shape index (κ2) is 5.93. The average Bonchev–Trinajstić information content (AvgIpc) is 2.30. The van der Waals surface area contributed by atoms with Gasteiger partial charge in [-0.3, -0.25) is 0 Å². The lowest BCUT2D eigenvalue weighted by molar-refractivity contribution is 0.724. The summed E-state index contributed by atoms with van der Waals surface area (Å²) >= 11 is 0. The number of rotatable bonds is 4. The van der Waals surface area contributed by atoms with Crippen LogP contribution in [-0.4, -0.2) is 0 Å². The van der Waals surface area contributed by atoms with Gasteiger partial charge in [0.25, 0.3) is 0 Å². The molecule has 0 amide bonds. The summed E-state index contributed by atoms with van der Waals surface area (Å²) in [5.41, 5.74) is 2.40. The smallest absolute Gasteiger partial charge is 0.0628 e. The molecule has 0 fully saturated rings. The third-order valence-electron chi connectivity index (χ3n) is 2.85. The summed E-state index contributed by atoms with van der Waals surface area (Å²) in [6.45, 7) is 4.11. The summed E-state index contributed by atoms with van der Waals surface area (Å²) < 4.78 is 0. The Morgan fingerprint density at radius 2 is 1.31 bits per heavy atom. The maximum absolute atomic E-state index is 8.73. The van der Waals surface area contributed by atoms with Crippen LogP contribution >= 0.6 is 0 Å². The second-order valence-electron chi connectivity index (χ2n) is 4.16. The summed E-state index contributed by atoms with van der Waals surface area (Å²) in [5.74, 6) is 0.477. The van der Waals surface area contributed by atoms with E-state index >= 15 is 0 Å². The zero-order valence-corrected chi connectivity index (χ0v) is 9.77. The Kier molecular flexibility index (Phi) is 4.55. The number of benzene rings is 1. The van der Waals surface area contributed by atoms with Crippen LogP contribution in [0.15, 0.2) is 24.3 Å². The monoisotopic (exact) mass is 212 g/mol. The van der Waals surface area contributed by atoms with Crippen LogP contribution in [0.2, 0.25) is 0 Å². The van der Waals surface area contributed by atoms with E-state index in [4.69, 9.17) is 10.5 Å². The number of nitrogens with zero attached hydrogens (tertiary/aromatic N) is 2. The molecule has 0 saturated heterocycles. The molecule has 0 bridgehead atoms. The molecule has 0 N–H and O–H groups in total. The number of hydrogen-bond acceptors (Lipinski definition) is 2. The summed E-state index contributed by atoms with van der Waals surface area (Å²) in [6.07, 6.45) is 1.05. The van der Waals surface area contributed by atoms with Crippen molar-refractivity contribution in [3.8, 4) is 12.1 Å². The lowest BCUT2D eigenvalue weighted by Crippen LogP contribution is -2.02. The lowest BCUT2D eigenvalue weighted by Gasteiger charge is -2.17. The molecular weight excluding hydrogens is 196 g/mol. The normalized spacial score (nSPS) is 13.5. The molecule has 2 heteroatoms. The van der Waals surface area contributed by atoms with Gasteiger partial charge in [-0.2, -0.15) is 10.5 Å². The first kappa shape index (κ1) is 12.3. The number of hydrogen-bond donors (Lipinski definition) is 0. The first-order valence-electron chi connectivity index (χ1n) is 5.53. The Morgan fingerprint density at radius 1 is 0.938 bits per heavy atom. The van der Waals surface area contributed by atoms with Crippen molar-refractivity contribution in [2.75, 3.05) is 0 Å². The topological polar surface area (TPSA) is 47.6 Å². The van der Waals surface area contributed by atoms with Crippen LogP contribution in [0.5, 0.6) is 0 Å². The summed E-state index contributed by atoms with van der Waals surface area (Å²) in [7, 11) is 0. The van der Waals surface area contributed by atoms with Gasteiger partial charge in [0.15, 0.2) is 0 Å². The molecule has 0 radical (unpaired) electrons. The van der Waals surface area contributed by atoms with Crippen molar-refractivity contribution >= 4 is 0 Å². The van der Waals surface area contributed by atoms with Crippen molar-refractivity contribution in [2.45, 2.75) is 38.5 Å². The Morgan fingerprint density at radius 3 is 1.62 bits per heavy atom. The van der Waals surface area contributed by atoms with Gasteiger partial charge < -0.3 is 0 Å². The molecule has 0 aromatic heterocycles. The highest BCUT2D eigenvalue weighted by Crippen LogP contribution is 2.29. The molecule has 0 aliphatic rings. The van der Waals surface area contributed by atoms with Crippen LogP contribution in [0.4, 0.5) is 0 Å². The van der Waals surface area contributed by atoms with Gasteiger partial charge in [0.05, 0.1) is 12.1 Å². The molecule has 82 valence electrons. The van der Waals surface area contributed by atoms with Crippen LogP contribution in [0.25, 0.3) is 0 Å². The maximum Gasteiger partial charge on any atom is 0.0628 e. The van der Waals surface area contributed by atoms with Crippen molar-refractivity contribution in [1.82, 2.24) is 0 Å². The van der Waals surface area contributed by atoms with Gasteiger partial charge in [-0.25, -0.2) is 0 Å². The maximum atomic E-state index is 8.73. The van der Waals surface area contributed by atoms with Crippen molar-refractivity contribution in [2.24, 2.45) is 0 Å². The molecule has 2 atom stereocenters. The van der Waals surface area contributed by atoms with Crippen molar-refractivity contribution in [3.05, 3.63) is 35.4 Å². The highest BCUT2D eigenvalue weighted by atomic mass is 14.3. The van der Waals surface area contributed by atoms with E-state index < -0.39 is 0 Å². The molecule has 0 aliphatic carbocycles. The molecule has 2 unspecified atom stereocenters. The predicted molar refractivity (Wildman–Crippen MR) is 63.7 cm³/mol. The lowest BCUT2D eigenvalue weighted by atomic mass is 9.87. The van der Waals surface area contributed by atoms with E-state index in [9.17, 15) is 0 Å². The van der Waals surface area contributed by atoms with Crippen LogP contribution in [0, 0.1) is 22.7 Å². The molecule has 16 heavy (non-hydrogen) atoms. The fraction of sp³-hybridized carbons (Fsp3) is 0.429. The number of nitriles is 2. The molecule has 0 saturated carbocycles. The minimum absolute atomic E-state index is 0.238. The summed E-state index contributed by atoms with van der Waals surface area (Å²) in [5, 5.41) is 17.5. The first-order chi connectivity index (χ1) is 7.70. The molecule has 1 aromatic rings. The average molecular weight is 212 g/mol. The van der Waals surface area contributed by atoms with Crippen molar-refractivity contribution < 1.29 is 0 Å². The van der Waals surface area contributed by atoms with Crippen molar-refractivity contribution in [3.63, 3.8) is 0 Å². The van der Waals surface area contributed by atoms with Crippen LogP contribution in [0.3, 0.4) is 0 Å². The van der Waals surface area contributed by atoms with Gasteiger partial charge in [0.2, 0.25) is 0 Å². The molecule has 0 aliphatic heterocycles. The van der Waals surface area contributed by atoms with Gasteiger partial charge in [-0.1, -0.05) is 38.1 Å². The second-order valence-corrected chi connectivity index (χ2v) is 4.16. The zero-order chi connectivity index (χ0) is 12.0. The van der Waals surface area contributed by atoms with E-state index in [-0.39, 0.29) is 11.8 Å². The zero-order valence-electron chi connectivity index (χ0n) is 9.77. The molecular formula is C14H16N2. The van der Waals surface area contributed by atoms with Crippen LogP contribution < -0.4 is 0 Å². The van der Waals surface area contributed by atoms with Gasteiger partial charge in [-0.05, 0) is 23.0 Å². The Bertz CT molecular complexity index is 382. The SMILES string of the molecule is CC(CC#N)c1ccccc1C(C)CC#N. The van der Waals surface area contributed by atoms with Crippen molar-refractivity contribution in [1.29, 1.82) is 10.5 Å². The summed E-state index contributed by atoms with van der Waals surface area (Å²) in [6, 6.07) is 12.5. The van der Waals surface area contributed by atoms with E-state index in [2.05, 4.69) is 38.1 Å². The third kappa shape index (κ3) is 2.84. The van der Waals surface area contributed by atoms with E-state index in [1.165, 1.54) is 11.1 Å². The molecule has 0 heterocycles. The highest BCUT2D eigenvalue weighted by Gasteiger charge is 2.14. The molecule has 0 spiro atoms. The van der Waals surface area contributed by atoms with E-state index in [1.807, 2.05) is 12.1 Å². The first-order valence-corrected chi connectivity index (χ1v) is 5.53. The van der Waals surface area contributed by atoms with Gasteiger partial charge in [0.1, 0.15) is 0 Å². The summed E-state index contributed by atoms with van der Waals surface area (Å²) in [4.78, 5) is 0. The van der Waals surface area contributed by atoms with Gasteiger partial charge >= 0.3 is 0 Å². The Hall–Kier alpha value is -1.80.